The molecule has 0 saturated carbocycles. The molecule has 2 rings (SSSR count). The van der Waals surface area contributed by atoms with Gasteiger partial charge in [-0.2, -0.15) is 5.10 Å². The van der Waals surface area contributed by atoms with Gasteiger partial charge in [0, 0.05) is 24.1 Å². The van der Waals surface area contributed by atoms with Crippen LogP contribution in [0.2, 0.25) is 0 Å². The molecular formula is C15H22N4. The van der Waals surface area contributed by atoms with Crippen molar-refractivity contribution < 1.29 is 0 Å². The summed E-state index contributed by atoms with van der Waals surface area (Å²) in [6.07, 6.45) is 4.61. The summed E-state index contributed by atoms with van der Waals surface area (Å²) in [6, 6.07) is 4.07. The number of hydrogen-bond acceptors (Lipinski definition) is 3. The molecule has 0 fully saturated rings. The van der Waals surface area contributed by atoms with Crippen molar-refractivity contribution in [1.82, 2.24) is 14.8 Å². The number of aromatic nitrogens is 3. The Morgan fingerprint density at radius 3 is 2.37 bits per heavy atom. The van der Waals surface area contributed by atoms with Crippen LogP contribution >= 0.6 is 0 Å². The highest BCUT2D eigenvalue weighted by Crippen LogP contribution is 2.25. The Bertz CT molecular complexity index is 543. The number of hydrogen-bond donors (Lipinski definition) is 1. The van der Waals surface area contributed by atoms with E-state index in [-0.39, 0.29) is 12.1 Å². The normalized spacial score (nSPS) is 14.4. The third-order valence-electron chi connectivity index (χ3n) is 3.64. The van der Waals surface area contributed by atoms with Crippen molar-refractivity contribution in [2.24, 2.45) is 5.73 Å². The van der Waals surface area contributed by atoms with Crippen LogP contribution in [0.1, 0.15) is 42.4 Å². The smallest absolute Gasteiger partial charge is 0.0920 e. The van der Waals surface area contributed by atoms with Gasteiger partial charge in [-0.05, 0) is 50.5 Å². The molecule has 102 valence electrons. The second-order valence-corrected chi connectivity index (χ2v) is 5.03. The summed E-state index contributed by atoms with van der Waals surface area (Å²) in [6.45, 7) is 8.37. The lowest BCUT2D eigenvalue weighted by Crippen LogP contribution is -2.31. The van der Waals surface area contributed by atoms with Gasteiger partial charge >= 0.3 is 0 Å². The SMILES string of the molecule is CCc1c(C)nn(C(c2ccncc2)C(C)N)c1C. The average Bonchev–Trinajstić information content (AvgIpc) is 2.66. The fraction of sp³-hybridized carbons (Fsp3) is 0.467. The van der Waals surface area contributed by atoms with E-state index in [2.05, 4.69) is 30.4 Å². The first-order chi connectivity index (χ1) is 9.06. The summed E-state index contributed by atoms with van der Waals surface area (Å²) in [4.78, 5) is 4.07. The maximum absolute atomic E-state index is 6.19. The molecule has 2 aromatic heterocycles. The molecule has 0 saturated heterocycles. The fourth-order valence-corrected chi connectivity index (χ4v) is 2.71. The van der Waals surface area contributed by atoms with Gasteiger partial charge in [-0.25, -0.2) is 0 Å². The molecule has 19 heavy (non-hydrogen) atoms. The van der Waals surface area contributed by atoms with E-state index in [9.17, 15) is 0 Å². The monoisotopic (exact) mass is 258 g/mol. The molecule has 0 spiro atoms. The molecule has 0 aliphatic carbocycles. The van der Waals surface area contributed by atoms with Crippen molar-refractivity contribution in [1.29, 1.82) is 0 Å². The second-order valence-electron chi connectivity index (χ2n) is 5.03. The van der Waals surface area contributed by atoms with Gasteiger partial charge in [0.05, 0.1) is 11.7 Å². The molecule has 0 bridgehead atoms. The van der Waals surface area contributed by atoms with E-state index in [0.717, 1.165) is 17.7 Å². The predicted molar refractivity (Wildman–Crippen MR) is 77.1 cm³/mol. The highest BCUT2D eigenvalue weighted by atomic mass is 15.3. The lowest BCUT2D eigenvalue weighted by molar-refractivity contribution is 0.443. The third kappa shape index (κ3) is 2.54. The zero-order valence-corrected chi connectivity index (χ0v) is 12.1. The minimum absolute atomic E-state index is 0.00916. The van der Waals surface area contributed by atoms with Gasteiger partial charge in [0.2, 0.25) is 0 Å². The standard InChI is InChI=1S/C15H22N4/c1-5-14-11(3)18-19(12(14)4)15(10(2)16)13-6-8-17-9-7-13/h6-10,15H,5,16H2,1-4H3. The Labute approximate surface area is 114 Å². The van der Waals surface area contributed by atoms with Gasteiger partial charge in [-0.1, -0.05) is 6.92 Å². The highest BCUT2D eigenvalue weighted by molar-refractivity contribution is 5.28. The van der Waals surface area contributed by atoms with Crippen LogP contribution in [-0.4, -0.2) is 20.8 Å². The molecule has 2 atom stereocenters. The summed E-state index contributed by atoms with van der Waals surface area (Å²) < 4.78 is 2.06. The van der Waals surface area contributed by atoms with Crippen LogP contribution in [0.4, 0.5) is 0 Å². The minimum Gasteiger partial charge on any atom is -0.326 e. The molecular weight excluding hydrogens is 236 g/mol. The van der Waals surface area contributed by atoms with Crippen LogP contribution in [0.3, 0.4) is 0 Å². The first-order valence-corrected chi connectivity index (χ1v) is 6.76. The fourth-order valence-electron chi connectivity index (χ4n) is 2.71. The van der Waals surface area contributed by atoms with Gasteiger partial charge in [0.1, 0.15) is 0 Å². The van der Waals surface area contributed by atoms with Crippen molar-refractivity contribution in [2.75, 3.05) is 0 Å². The van der Waals surface area contributed by atoms with Crippen molar-refractivity contribution in [3.8, 4) is 0 Å². The zero-order chi connectivity index (χ0) is 14.0. The van der Waals surface area contributed by atoms with Gasteiger partial charge < -0.3 is 5.73 Å². The van der Waals surface area contributed by atoms with Crippen molar-refractivity contribution in [3.63, 3.8) is 0 Å². The van der Waals surface area contributed by atoms with Crippen molar-refractivity contribution >= 4 is 0 Å². The molecule has 2 aromatic rings. The maximum atomic E-state index is 6.19. The maximum Gasteiger partial charge on any atom is 0.0920 e. The number of nitrogens with two attached hydrogens (primary N) is 1. The van der Waals surface area contributed by atoms with E-state index in [1.807, 2.05) is 19.1 Å². The Balaban J connectivity index is 2.52. The summed E-state index contributed by atoms with van der Waals surface area (Å²) in [7, 11) is 0. The molecule has 0 aromatic carbocycles. The number of aryl methyl sites for hydroxylation is 1. The molecule has 4 nitrogen and oxygen atoms in total. The minimum atomic E-state index is -0.00916. The molecule has 0 aliphatic rings. The summed E-state index contributed by atoms with van der Waals surface area (Å²) in [5, 5.41) is 4.70. The molecule has 0 radical (unpaired) electrons. The molecule has 2 N–H and O–H groups in total. The van der Waals surface area contributed by atoms with Gasteiger partial charge in [-0.15, -0.1) is 0 Å². The Morgan fingerprint density at radius 1 is 1.26 bits per heavy atom. The van der Waals surface area contributed by atoms with E-state index in [0.29, 0.717) is 0 Å². The van der Waals surface area contributed by atoms with Crippen LogP contribution < -0.4 is 5.73 Å². The summed E-state index contributed by atoms with van der Waals surface area (Å²) >= 11 is 0. The van der Waals surface area contributed by atoms with E-state index in [4.69, 9.17) is 10.8 Å². The van der Waals surface area contributed by atoms with Crippen LogP contribution in [0.25, 0.3) is 0 Å². The largest absolute Gasteiger partial charge is 0.326 e. The first kappa shape index (κ1) is 13.7. The number of nitrogens with zero attached hydrogens (tertiary/aromatic N) is 3. The Hall–Kier alpha value is -1.68. The highest BCUT2D eigenvalue weighted by Gasteiger charge is 2.22. The Kier molecular flexibility index (Phi) is 4.00. The quantitative estimate of drug-likeness (QED) is 0.916. The topological polar surface area (TPSA) is 56.7 Å². The lowest BCUT2D eigenvalue weighted by Gasteiger charge is -2.23. The van der Waals surface area contributed by atoms with Crippen LogP contribution in [-0.2, 0) is 6.42 Å². The summed E-state index contributed by atoms with van der Waals surface area (Å²) in [5.74, 6) is 0. The molecule has 4 heteroatoms. The third-order valence-corrected chi connectivity index (χ3v) is 3.64. The number of rotatable bonds is 4. The molecule has 0 aliphatic heterocycles. The number of pyridine rings is 1. The van der Waals surface area contributed by atoms with Crippen LogP contribution in [0, 0.1) is 13.8 Å². The van der Waals surface area contributed by atoms with Crippen molar-refractivity contribution in [3.05, 3.63) is 47.0 Å². The Morgan fingerprint density at radius 2 is 1.89 bits per heavy atom. The second kappa shape index (κ2) is 5.53. The first-order valence-electron chi connectivity index (χ1n) is 6.76. The van der Waals surface area contributed by atoms with Crippen molar-refractivity contribution in [2.45, 2.75) is 46.2 Å². The summed E-state index contributed by atoms with van der Waals surface area (Å²) in [5.41, 5.74) is 11.0. The predicted octanol–water partition coefficient (Wildman–Crippen LogP) is 2.39. The van der Waals surface area contributed by atoms with E-state index in [1.54, 1.807) is 12.4 Å². The zero-order valence-electron chi connectivity index (χ0n) is 12.1. The molecule has 0 amide bonds. The van der Waals surface area contributed by atoms with E-state index < -0.39 is 0 Å². The lowest BCUT2D eigenvalue weighted by atomic mass is 10.0. The van der Waals surface area contributed by atoms with Crippen LogP contribution in [0.5, 0.6) is 0 Å². The van der Waals surface area contributed by atoms with Gasteiger partial charge in [0.15, 0.2) is 0 Å². The van der Waals surface area contributed by atoms with Crippen LogP contribution in [0.15, 0.2) is 24.5 Å². The van der Waals surface area contributed by atoms with Gasteiger partial charge in [0.25, 0.3) is 0 Å². The van der Waals surface area contributed by atoms with E-state index in [1.165, 1.54) is 11.3 Å². The average molecular weight is 258 g/mol. The molecule has 2 unspecified atom stereocenters. The van der Waals surface area contributed by atoms with Gasteiger partial charge in [-0.3, -0.25) is 9.67 Å². The van der Waals surface area contributed by atoms with E-state index >= 15 is 0 Å². The molecule has 2 heterocycles.